The molecule has 0 unspecified atom stereocenters. The molecule has 1 aliphatic rings. The number of fused-ring (bicyclic) bond motifs is 1. The van der Waals surface area contributed by atoms with E-state index in [0.717, 1.165) is 3.57 Å². The highest BCUT2D eigenvalue weighted by Crippen LogP contribution is 2.32. The molecule has 0 amide bonds. The first-order valence-electron chi connectivity index (χ1n) is 3.83. The molecule has 2 rings (SSSR count). The summed E-state index contributed by atoms with van der Waals surface area (Å²) in [6.07, 6.45) is 0.463. The van der Waals surface area contributed by atoms with Crippen molar-refractivity contribution in [3.05, 3.63) is 26.3 Å². The maximum atomic E-state index is 11.5. The molecule has 1 aliphatic heterocycles. The van der Waals surface area contributed by atoms with Gasteiger partial charge in [-0.3, -0.25) is 4.79 Å². The summed E-state index contributed by atoms with van der Waals surface area (Å²) in [6.45, 7) is 0.461. The zero-order valence-electron chi connectivity index (χ0n) is 6.64. The highest BCUT2D eigenvalue weighted by molar-refractivity contribution is 14.1. The van der Waals surface area contributed by atoms with Crippen LogP contribution < -0.4 is 4.74 Å². The maximum Gasteiger partial charge on any atom is 0.171 e. The van der Waals surface area contributed by atoms with Gasteiger partial charge in [-0.25, -0.2) is 0 Å². The molecule has 0 aromatic heterocycles. The number of carbonyl (C=O) groups excluding carboxylic acids is 1. The monoisotopic (exact) mass is 308 g/mol. The van der Waals surface area contributed by atoms with E-state index < -0.39 is 0 Å². The average molecular weight is 309 g/mol. The summed E-state index contributed by atoms with van der Waals surface area (Å²) < 4.78 is 6.21. The van der Waals surface area contributed by atoms with Gasteiger partial charge in [0.2, 0.25) is 0 Å². The van der Waals surface area contributed by atoms with Gasteiger partial charge >= 0.3 is 0 Å². The van der Waals surface area contributed by atoms with Crippen LogP contribution in [0.1, 0.15) is 16.8 Å². The molecule has 0 bridgehead atoms. The van der Waals surface area contributed by atoms with Gasteiger partial charge in [-0.2, -0.15) is 0 Å². The molecule has 2 nitrogen and oxygen atoms in total. The minimum absolute atomic E-state index is 0.141. The molecule has 1 aromatic rings. The number of halogens is 2. The molecule has 13 heavy (non-hydrogen) atoms. The third-order valence-electron chi connectivity index (χ3n) is 1.88. The van der Waals surface area contributed by atoms with Crippen molar-refractivity contribution >= 4 is 40.0 Å². The largest absolute Gasteiger partial charge is 0.492 e. The summed E-state index contributed by atoms with van der Waals surface area (Å²) in [6, 6.07) is 3.46. The van der Waals surface area contributed by atoms with E-state index in [9.17, 15) is 4.79 Å². The lowest BCUT2D eigenvalue weighted by Crippen LogP contribution is -2.16. The number of hydrogen-bond donors (Lipinski definition) is 0. The topological polar surface area (TPSA) is 26.3 Å². The minimum atomic E-state index is 0.141. The Morgan fingerprint density at radius 3 is 3.00 bits per heavy atom. The second-order valence-electron chi connectivity index (χ2n) is 2.78. The molecule has 0 saturated carbocycles. The SMILES string of the molecule is O=C1CCOc2cc(Cl)cc(I)c21. The normalized spacial score (nSPS) is 15.1. The maximum absolute atomic E-state index is 11.5. The van der Waals surface area contributed by atoms with Gasteiger partial charge in [-0.05, 0) is 34.7 Å². The van der Waals surface area contributed by atoms with Crippen LogP contribution in [0.25, 0.3) is 0 Å². The molecule has 68 valence electrons. The predicted octanol–water partition coefficient (Wildman–Crippen LogP) is 2.91. The van der Waals surface area contributed by atoms with E-state index in [1.807, 2.05) is 0 Å². The van der Waals surface area contributed by atoms with Crippen LogP contribution in [0.5, 0.6) is 5.75 Å². The number of benzene rings is 1. The number of ketones is 1. The third-order valence-corrected chi connectivity index (χ3v) is 2.95. The van der Waals surface area contributed by atoms with Crippen molar-refractivity contribution in [3.8, 4) is 5.75 Å². The molecular formula is C9H6ClIO2. The zero-order chi connectivity index (χ0) is 9.42. The Balaban J connectivity index is 2.63. The Labute approximate surface area is 94.4 Å². The lowest BCUT2D eigenvalue weighted by atomic mass is 10.1. The van der Waals surface area contributed by atoms with Gasteiger partial charge in [0.1, 0.15) is 5.75 Å². The van der Waals surface area contributed by atoms with Crippen molar-refractivity contribution in [3.63, 3.8) is 0 Å². The molecule has 4 heteroatoms. The highest BCUT2D eigenvalue weighted by Gasteiger charge is 2.21. The molecule has 0 atom stereocenters. The van der Waals surface area contributed by atoms with E-state index in [0.29, 0.717) is 29.4 Å². The smallest absolute Gasteiger partial charge is 0.171 e. The van der Waals surface area contributed by atoms with Crippen molar-refractivity contribution in [2.75, 3.05) is 6.61 Å². The number of carbonyl (C=O) groups is 1. The fraction of sp³-hybridized carbons (Fsp3) is 0.222. The van der Waals surface area contributed by atoms with Gasteiger partial charge in [0.15, 0.2) is 5.78 Å². The molecule has 0 spiro atoms. The minimum Gasteiger partial charge on any atom is -0.492 e. The van der Waals surface area contributed by atoms with Gasteiger partial charge in [0.25, 0.3) is 0 Å². The van der Waals surface area contributed by atoms with Crippen LogP contribution in [0.15, 0.2) is 12.1 Å². The number of ether oxygens (including phenoxy) is 1. The molecule has 0 saturated heterocycles. The first-order chi connectivity index (χ1) is 6.18. The van der Waals surface area contributed by atoms with Crippen molar-refractivity contribution in [1.82, 2.24) is 0 Å². The van der Waals surface area contributed by atoms with Crippen molar-refractivity contribution in [2.45, 2.75) is 6.42 Å². The van der Waals surface area contributed by atoms with E-state index in [2.05, 4.69) is 22.6 Å². The van der Waals surface area contributed by atoms with Crippen LogP contribution >= 0.6 is 34.2 Å². The average Bonchev–Trinajstić information content (AvgIpc) is 2.02. The quantitative estimate of drug-likeness (QED) is 0.689. The van der Waals surface area contributed by atoms with Crippen LogP contribution in [-0.2, 0) is 0 Å². The number of hydrogen-bond acceptors (Lipinski definition) is 2. The number of Topliss-reactive ketones (excluding diaryl/α,β-unsaturated/α-hetero) is 1. The van der Waals surface area contributed by atoms with Crippen LogP contribution in [-0.4, -0.2) is 12.4 Å². The fourth-order valence-electron chi connectivity index (χ4n) is 1.31. The Bertz CT molecular complexity index is 376. The molecule has 0 N–H and O–H groups in total. The van der Waals surface area contributed by atoms with E-state index in [-0.39, 0.29) is 5.78 Å². The summed E-state index contributed by atoms with van der Waals surface area (Å²) in [7, 11) is 0. The summed E-state index contributed by atoms with van der Waals surface area (Å²) in [5.41, 5.74) is 0.677. The summed E-state index contributed by atoms with van der Waals surface area (Å²) in [5.74, 6) is 0.760. The Hall–Kier alpha value is -0.290. The third kappa shape index (κ3) is 1.67. The second kappa shape index (κ2) is 3.46. The Morgan fingerprint density at radius 2 is 2.23 bits per heavy atom. The van der Waals surface area contributed by atoms with Crippen molar-refractivity contribution in [2.24, 2.45) is 0 Å². The van der Waals surface area contributed by atoms with Gasteiger partial charge in [-0.1, -0.05) is 11.6 Å². The standard InChI is InChI=1S/C9H6ClIO2/c10-5-3-6(11)9-7(12)1-2-13-8(9)4-5/h3-4H,1-2H2. The Kier molecular flexibility index (Phi) is 2.47. The molecular weight excluding hydrogens is 302 g/mol. The van der Waals surface area contributed by atoms with Gasteiger partial charge < -0.3 is 4.74 Å². The van der Waals surface area contributed by atoms with E-state index in [1.165, 1.54) is 0 Å². The van der Waals surface area contributed by atoms with Crippen LogP contribution in [0.3, 0.4) is 0 Å². The van der Waals surface area contributed by atoms with Crippen LogP contribution in [0.4, 0.5) is 0 Å². The van der Waals surface area contributed by atoms with E-state index >= 15 is 0 Å². The highest BCUT2D eigenvalue weighted by atomic mass is 127. The van der Waals surface area contributed by atoms with Gasteiger partial charge in [0.05, 0.1) is 12.2 Å². The predicted molar refractivity (Wildman–Crippen MR) is 58.6 cm³/mol. The number of rotatable bonds is 0. The fourth-order valence-corrected chi connectivity index (χ4v) is 2.61. The van der Waals surface area contributed by atoms with Gasteiger partial charge in [-0.15, -0.1) is 0 Å². The van der Waals surface area contributed by atoms with E-state index in [1.54, 1.807) is 12.1 Å². The first-order valence-corrected chi connectivity index (χ1v) is 5.29. The lowest BCUT2D eigenvalue weighted by Gasteiger charge is -2.17. The summed E-state index contributed by atoms with van der Waals surface area (Å²) in [5, 5.41) is 0.609. The lowest BCUT2D eigenvalue weighted by molar-refractivity contribution is 0.0932. The summed E-state index contributed by atoms with van der Waals surface area (Å²) in [4.78, 5) is 11.5. The second-order valence-corrected chi connectivity index (χ2v) is 4.38. The van der Waals surface area contributed by atoms with Crippen molar-refractivity contribution in [1.29, 1.82) is 0 Å². The molecule has 0 aliphatic carbocycles. The molecule has 0 fully saturated rings. The molecule has 1 heterocycles. The van der Waals surface area contributed by atoms with Crippen molar-refractivity contribution < 1.29 is 9.53 Å². The summed E-state index contributed by atoms with van der Waals surface area (Å²) >= 11 is 7.93. The van der Waals surface area contributed by atoms with Crippen LogP contribution in [0, 0.1) is 3.57 Å². The zero-order valence-corrected chi connectivity index (χ0v) is 9.55. The van der Waals surface area contributed by atoms with Gasteiger partial charge in [0, 0.05) is 15.0 Å². The molecule has 0 radical (unpaired) electrons. The van der Waals surface area contributed by atoms with E-state index in [4.69, 9.17) is 16.3 Å². The van der Waals surface area contributed by atoms with Crippen LogP contribution in [0.2, 0.25) is 5.02 Å². The molecule has 1 aromatic carbocycles. The first kappa shape index (κ1) is 9.27. The Morgan fingerprint density at radius 1 is 1.46 bits per heavy atom.